The van der Waals surface area contributed by atoms with E-state index in [0.29, 0.717) is 11.3 Å². The van der Waals surface area contributed by atoms with E-state index in [4.69, 9.17) is 11.6 Å². The smallest absolute Gasteiger partial charge is 0.0466 e. The van der Waals surface area contributed by atoms with Gasteiger partial charge in [-0.2, -0.15) is 11.8 Å². The van der Waals surface area contributed by atoms with Crippen molar-refractivity contribution in [3.05, 3.63) is 20.8 Å². The number of thiophene rings is 1. The van der Waals surface area contributed by atoms with Crippen LogP contribution in [0.5, 0.6) is 0 Å². The van der Waals surface area contributed by atoms with Crippen LogP contribution in [0.15, 0.2) is 15.9 Å². The summed E-state index contributed by atoms with van der Waals surface area (Å²) in [5.74, 6) is 3.01. The van der Waals surface area contributed by atoms with E-state index in [1.54, 1.807) is 0 Å². The predicted molar refractivity (Wildman–Crippen MR) is 66.2 cm³/mol. The average Bonchev–Trinajstić information content (AvgIpc) is 2.65. The number of rotatable bonds is 2. The van der Waals surface area contributed by atoms with Crippen molar-refractivity contribution < 1.29 is 0 Å². The second-order valence-corrected chi connectivity index (χ2v) is 6.70. The van der Waals surface area contributed by atoms with E-state index in [1.165, 1.54) is 15.1 Å². The molecule has 2 rings (SSSR count). The second-order valence-electron chi connectivity index (χ2n) is 3.21. The van der Waals surface area contributed by atoms with Crippen LogP contribution < -0.4 is 0 Å². The van der Waals surface area contributed by atoms with Crippen molar-refractivity contribution in [2.75, 3.05) is 11.5 Å². The van der Waals surface area contributed by atoms with Gasteiger partial charge < -0.3 is 0 Å². The molecule has 1 aliphatic heterocycles. The fraction of sp³-hybridized carbons (Fsp3) is 0.556. The SMILES string of the molecule is ClC1CSCC1Cc1sccc1Br. The maximum absolute atomic E-state index is 6.22. The molecule has 2 atom stereocenters. The average molecular weight is 298 g/mol. The van der Waals surface area contributed by atoms with Gasteiger partial charge in [-0.05, 0) is 45.5 Å². The van der Waals surface area contributed by atoms with Crippen molar-refractivity contribution in [1.82, 2.24) is 0 Å². The van der Waals surface area contributed by atoms with E-state index in [9.17, 15) is 0 Å². The summed E-state index contributed by atoms with van der Waals surface area (Å²) < 4.78 is 1.25. The van der Waals surface area contributed by atoms with Crippen molar-refractivity contribution in [1.29, 1.82) is 0 Å². The molecule has 0 aliphatic carbocycles. The summed E-state index contributed by atoms with van der Waals surface area (Å²) in [6.45, 7) is 0. The zero-order chi connectivity index (χ0) is 9.26. The van der Waals surface area contributed by atoms with E-state index >= 15 is 0 Å². The van der Waals surface area contributed by atoms with Crippen molar-refractivity contribution >= 4 is 50.6 Å². The van der Waals surface area contributed by atoms with Gasteiger partial charge in [0.05, 0.1) is 0 Å². The molecule has 0 saturated carbocycles. The Labute approximate surface area is 100 Å². The topological polar surface area (TPSA) is 0 Å². The van der Waals surface area contributed by atoms with Crippen LogP contribution in [-0.4, -0.2) is 16.9 Å². The van der Waals surface area contributed by atoms with Gasteiger partial charge >= 0.3 is 0 Å². The zero-order valence-electron chi connectivity index (χ0n) is 7.00. The Hall–Kier alpha value is 0.820. The highest BCUT2D eigenvalue weighted by Gasteiger charge is 2.26. The van der Waals surface area contributed by atoms with Gasteiger partial charge in [0.2, 0.25) is 0 Å². The molecule has 0 radical (unpaired) electrons. The number of hydrogen-bond acceptors (Lipinski definition) is 2. The lowest BCUT2D eigenvalue weighted by atomic mass is 10.0. The third-order valence-electron chi connectivity index (χ3n) is 2.26. The molecule has 1 aromatic heterocycles. The summed E-state index contributed by atoms with van der Waals surface area (Å²) in [4.78, 5) is 1.44. The minimum absolute atomic E-state index is 0.374. The van der Waals surface area contributed by atoms with E-state index in [-0.39, 0.29) is 0 Å². The third-order valence-corrected chi connectivity index (χ3v) is 6.16. The van der Waals surface area contributed by atoms with Gasteiger partial charge in [-0.1, -0.05) is 0 Å². The number of thioether (sulfide) groups is 1. The molecular formula is C9H10BrClS2. The van der Waals surface area contributed by atoms with Crippen LogP contribution >= 0.6 is 50.6 Å². The Bertz CT molecular complexity index is 287. The molecule has 2 unspecified atom stereocenters. The fourth-order valence-corrected chi connectivity index (χ4v) is 4.91. The summed E-state index contributed by atoms with van der Waals surface area (Å²) in [6.07, 6.45) is 1.14. The largest absolute Gasteiger partial charge is 0.160 e. The Morgan fingerprint density at radius 1 is 1.54 bits per heavy atom. The standard InChI is InChI=1S/C9H10BrClS2/c10-7-1-2-13-9(7)3-6-4-12-5-8(6)11/h1-2,6,8H,3-5H2. The van der Waals surface area contributed by atoms with Gasteiger partial charge in [0, 0.05) is 20.5 Å². The molecule has 0 amide bonds. The van der Waals surface area contributed by atoms with E-state index < -0.39 is 0 Å². The van der Waals surface area contributed by atoms with Crippen LogP contribution in [0, 0.1) is 5.92 Å². The minimum atomic E-state index is 0.374. The lowest BCUT2D eigenvalue weighted by Gasteiger charge is -2.11. The molecule has 0 bridgehead atoms. The first kappa shape index (κ1) is 10.3. The molecule has 1 aromatic rings. The predicted octanol–water partition coefficient (Wildman–Crippen LogP) is 4.02. The van der Waals surface area contributed by atoms with Crippen LogP contribution in [0.2, 0.25) is 0 Å². The van der Waals surface area contributed by atoms with Gasteiger partial charge in [0.15, 0.2) is 0 Å². The number of halogens is 2. The molecular weight excluding hydrogens is 288 g/mol. The molecule has 0 aromatic carbocycles. The Morgan fingerprint density at radius 3 is 2.92 bits per heavy atom. The van der Waals surface area contributed by atoms with Crippen LogP contribution in [0.4, 0.5) is 0 Å². The van der Waals surface area contributed by atoms with E-state index in [1.807, 2.05) is 23.1 Å². The quantitative estimate of drug-likeness (QED) is 0.743. The zero-order valence-corrected chi connectivity index (χ0v) is 11.0. The van der Waals surface area contributed by atoms with Crippen molar-refractivity contribution in [3.8, 4) is 0 Å². The molecule has 2 heterocycles. The number of hydrogen-bond donors (Lipinski definition) is 0. The lowest BCUT2D eigenvalue weighted by Crippen LogP contribution is -2.14. The normalized spacial score (nSPS) is 28.2. The molecule has 13 heavy (non-hydrogen) atoms. The molecule has 4 heteroatoms. The molecule has 0 N–H and O–H groups in total. The molecule has 1 saturated heterocycles. The van der Waals surface area contributed by atoms with E-state index in [2.05, 4.69) is 27.4 Å². The summed E-state index contributed by atoms with van der Waals surface area (Å²) in [5, 5.41) is 2.50. The molecule has 1 fully saturated rings. The van der Waals surface area contributed by atoms with Crippen molar-refractivity contribution in [2.45, 2.75) is 11.8 Å². The minimum Gasteiger partial charge on any atom is -0.160 e. The lowest BCUT2D eigenvalue weighted by molar-refractivity contribution is 0.608. The van der Waals surface area contributed by atoms with Crippen LogP contribution in [-0.2, 0) is 6.42 Å². The third kappa shape index (κ3) is 2.44. The first-order chi connectivity index (χ1) is 6.27. The summed E-state index contributed by atoms with van der Waals surface area (Å²) in [6, 6.07) is 2.12. The van der Waals surface area contributed by atoms with Crippen molar-refractivity contribution in [2.24, 2.45) is 5.92 Å². The fourth-order valence-electron chi connectivity index (χ4n) is 1.47. The molecule has 72 valence electrons. The maximum atomic E-state index is 6.22. The second kappa shape index (κ2) is 4.56. The number of alkyl halides is 1. The van der Waals surface area contributed by atoms with Crippen LogP contribution in [0.3, 0.4) is 0 Å². The monoisotopic (exact) mass is 296 g/mol. The van der Waals surface area contributed by atoms with Gasteiger partial charge in [-0.15, -0.1) is 22.9 Å². The van der Waals surface area contributed by atoms with Gasteiger partial charge in [0.25, 0.3) is 0 Å². The Kier molecular flexibility index (Phi) is 3.63. The van der Waals surface area contributed by atoms with Crippen LogP contribution in [0.25, 0.3) is 0 Å². The molecule has 1 aliphatic rings. The summed E-state index contributed by atoms with van der Waals surface area (Å²) >= 11 is 13.6. The highest BCUT2D eigenvalue weighted by molar-refractivity contribution is 9.10. The van der Waals surface area contributed by atoms with Gasteiger partial charge in [0.1, 0.15) is 0 Å². The first-order valence-corrected chi connectivity index (χ1v) is 7.47. The summed E-state index contributed by atoms with van der Waals surface area (Å²) in [5.41, 5.74) is 0. The molecule has 0 spiro atoms. The van der Waals surface area contributed by atoms with Gasteiger partial charge in [-0.25, -0.2) is 0 Å². The maximum Gasteiger partial charge on any atom is 0.0466 e. The Balaban J connectivity index is 2.01. The summed E-state index contributed by atoms with van der Waals surface area (Å²) in [7, 11) is 0. The van der Waals surface area contributed by atoms with Gasteiger partial charge in [-0.3, -0.25) is 0 Å². The molecule has 0 nitrogen and oxygen atoms in total. The highest BCUT2D eigenvalue weighted by Crippen LogP contribution is 2.34. The van der Waals surface area contributed by atoms with Crippen molar-refractivity contribution in [3.63, 3.8) is 0 Å². The van der Waals surface area contributed by atoms with E-state index in [0.717, 1.165) is 12.2 Å². The van der Waals surface area contributed by atoms with Crippen LogP contribution in [0.1, 0.15) is 4.88 Å². The first-order valence-electron chi connectivity index (χ1n) is 4.21. The highest BCUT2D eigenvalue weighted by atomic mass is 79.9. The Morgan fingerprint density at radius 2 is 2.38 bits per heavy atom.